The lowest BCUT2D eigenvalue weighted by Gasteiger charge is -2.32. The second-order valence-electron chi connectivity index (χ2n) is 6.69. The minimum absolute atomic E-state index is 0.157. The van der Waals surface area contributed by atoms with Crippen LogP contribution in [0.25, 0.3) is 11.1 Å². The van der Waals surface area contributed by atoms with Gasteiger partial charge in [-0.2, -0.15) is 0 Å². The molecule has 4 heteroatoms. The van der Waals surface area contributed by atoms with Gasteiger partial charge in [-0.25, -0.2) is 4.99 Å². The summed E-state index contributed by atoms with van der Waals surface area (Å²) in [5.74, 6) is 0. The minimum atomic E-state index is -0.157. The molecule has 0 unspecified atom stereocenters. The molecule has 0 saturated carbocycles. The first-order chi connectivity index (χ1) is 12.7. The van der Waals surface area contributed by atoms with Crippen molar-refractivity contribution in [3.8, 4) is 11.1 Å². The van der Waals surface area contributed by atoms with Crippen molar-refractivity contribution < 1.29 is 14.3 Å². The van der Waals surface area contributed by atoms with Crippen LogP contribution < -0.4 is 0 Å². The number of hydrogen-bond donors (Lipinski definition) is 0. The summed E-state index contributed by atoms with van der Waals surface area (Å²) in [6.45, 7) is 3.20. The first-order valence-corrected chi connectivity index (χ1v) is 8.88. The van der Waals surface area contributed by atoms with E-state index in [4.69, 9.17) is 9.47 Å². The standard InChI is InChI=1S/C22H25NO3/c1-16(23-15-24)17-8-9-19-18-6-4-5-7-20(18)22(10-12-25-2,11-13-26-3)21(19)14-17/h4-9,14-15H,10-13H2,1-3H3. The van der Waals surface area contributed by atoms with Gasteiger partial charge in [-0.05, 0) is 53.6 Å². The van der Waals surface area contributed by atoms with Gasteiger partial charge < -0.3 is 9.47 Å². The molecule has 136 valence electrons. The summed E-state index contributed by atoms with van der Waals surface area (Å²) in [5.41, 5.74) is 6.66. The average molecular weight is 351 g/mol. The van der Waals surface area contributed by atoms with E-state index in [1.807, 2.05) is 13.0 Å². The van der Waals surface area contributed by atoms with Gasteiger partial charge in [0.1, 0.15) is 0 Å². The van der Waals surface area contributed by atoms with E-state index in [1.54, 1.807) is 14.2 Å². The lowest BCUT2D eigenvalue weighted by molar-refractivity contribution is -0.106. The molecule has 2 aromatic rings. The van der Waals surface area contributed by atoms with Gasteiger partial charge in [0.2, 0.25) is 6.41 Å². The number of nitrogens with zero attached hydrogens (tertiary/aromatic N) is 1. The van der Waals surface area contributed by atoms with E-state index >= 15 is 0 Å². The monoisotopic (exact) mass is 351 g/mol. The van der Waals surface area contributed by atoms with Crippen LogP contribution in [-0.4, -0.2) is 39.6 Å². The van der Waals surface area contributed by atoms with E-state index in [9.17, 15) is 4.79 Å². The van der Waals surface area contributed by atoms with Gasteiger partial charge in [-0.15, -0.1) is 0 Å². The lowest BCUT2D eigenvalue weighted by atomic mass is 9.73. The first-order valence-electron chi connectivity index (χ1n) is 8.88. The largest absolute Gasteiger partial charge is 0.385 e. The zero-order valence-electron chi connectivity index (χ0n) is 15.6. The average Bonchev–Trinajstić information content (AvgIpc) is 2.95. The lowest BCUT2D eigenvalue weighted by Crippen LogP contribution is -2.29. The van der Waals surface area contributed by atoms with E-state index in [0.717, 1.165) is 24.1 Å². The molecule has 0 N–H and O–H groups in total. The Kier molecular flexibility index (Phi) is 5.64. The fraction of sp³-hybridized carbons (Fsp3) is 0.364. The molecule has 0 fully saturated rings. The Balaban J connectivity index is 2.21. The topological polar surface area (TPSA) is 47.9 Å². The van der Waals surface area contributed by atoms with E-state index in [0.29, 0.717) is 19.6 Å². The predicted molar refractivity (Wildman–Crippen MR) is 104 cm³/mol. The summed E-state index contributed by atoms with van der Waals surface area (Å²) in [5, 5.41) is 0. The van der Waals surface area contributed by atoms with Crippen LogP contribution in [0.15, 0.2) is 47.5 Å². The van der Waals surface area contributed by atoms with Crippen molar-refractivity contribution in [2.75, 3.05) is 27.4 Å². The highest BCUT2D eigenvalue weighted by Crippen LogP contribution is 2.52. The van der Waals surface area contributed by atoms with Crippen LogP contribution in [0.4, 0.5) is 0 Å². The SMILES string of the molecule is COCCC1(CCOC)c2ccccc2-c2ccc(C(C)=NC=O)cc21. The Hall–Kier alpha value is -2.30. The van der Waals surface area contributed by atoms with Gasteiger partial charge in [0.15, 0.2) is 0 Å². The van der Waals surface area contributed by atoms with Gasteiger partial charge in [0, 0.05) is 38.6 Å². The van der Waals surface area contributed by atoms with Crippen molar-refractivity contribution in [3.63, 3.8) is 0 Å². The number of rotatable bonds is 8. The van der Waals surface area contributed by atoms with Crippen LogP contribution in [0.5, 0.6) is 0 Å². The molecule has 1 amide bonds. The summed E-state index contributed by atoms with van der Waals surface area (Å²) in [6.07, 6.45) is 2.36. The zero-order valence-corrected chi connectivity index (χ0v) is 15.6. The zero-order chi connectivity index (χ0) is 18.6. The third-order valence-corrected chi connectivity index (χ3v) is 5.40. The summed E-state index contributed by atoms with van der Waals surface area (Å²) < 4.78 is 10.9. The molecule has 0 atom stereocenters. The van der Waals surface area contributed by atoms with Crippen molar-refractivity contribution in [2.45, 2.75) is 25.2 Å². The molecule has 1 aliphatic rings. The number of aliphatic imine (C=N–C) groups is 1. The summed E-state index contributed by atoms with van der Waals surface area (Å²) in [4.78, 5) is 14.7. The van der Waals surface area contributed by atoms with Crippen LogP contribution in [-0.2, 0) is 19.7 Å². The fourth-order valence-electron chi connectivity index (χ4n) is 4.05. The maximum Gasteiger partial charge on any atom is 0.233 e. The molecular weight excluding hydrogens is 326 g/mol. The molecule has 0 saturated heterocycles. The molecule has 0 spiro atoms. The fourth-order valence-corrected chi connectivity index (χ4v) is 4.05. The number of benzene rings is 2. The van der Waals surface area contributed by atoms with Crippen LogP contribution in [0, 0.1) is 0 Å². The quantitative estimate of drug-likeness (QED) is 0.534. The molecule has 0 bridgehead atoms. The van der Waals surface area contributed by atoms with Gasteiger partial charge in [-0.1, -0.05) is 36.4 Å². The Morgan fingerprint density at radius 1 is 1.00 bits per heavy atom. The van der Waals surface area contributed by atoms with E-state index in [1.165, 1.54) is 22.3 Å². The van der Waals surface area contributed by atoms with Gasteiger partial charge in [-0.3, -0.25) is 4.79 Å². The van der Waals surface area contributed by atoms with E-state index in [2.05, 4.69) is 41.4 Å². The smallest absolute Gasteiger partial charge is 0.233 e. The summed E-state index contributed by atoms with van der Waals surface area (Å²) in [6, 6.07) is 14.9. The first kappa shape index (κ1) is 18.5. The molecule has 0 heterocycles. The number of methoxy groups -OCH3 is 2. The van der Waals surface area contributed by atoms with Gasteiger partial charge in [0.05, 0.1) is 0 Å². The minimum Gasteiger partial charge on any atom is -0.385 e. The molecule has 4 nitrogen and oxygen atoms in total. The van der Waals surface area contributed by atoms with Crippen molar-refractivity contribution in [3.05, 3.63) is 59.2 Å². The highest BCUT2D eigenvalue weighted by molar-refractivity contribution is 6.03. The number of hydrogen-bond acceptors (Lipinski definition) is 3. The van der Waals surface area contributed by atoms with Crippen LogP contribution >= 0.6 is 0 Å². The highest BCUT2D eigenvalue weighted by atomic mass is 16.5. The van der Waals surface area contributed by atoms with Crippen LogP contribution in [0.2, 0.25) is 0 Å². The Bertz CT molecular complexity index is 818. The molecule has 2 aromatic carbocycles. The number of carbonyl (C=O) groups excluding carboxylic acids is 1. The van der Waals surface area contributed by atoms with Crippen LogP contribution in [0.1, 0.15) is 36.5 Å². The van der Waals surface area contributed by atoms with Crippen molar-refractivity contribution in [1.29, 1.82) is 0 Å². The van der Waals surface area contributed by atoms with Crippen molar-refractivity contribution in [1.82, 2.24) is 0 Å². The summed E-state index contributed by atoms with van der Waals surface area (Å²) in [7, 11) is 3.48. The normalized spacial score (nSPS) is 14.8. The third kappa shape index (κ3) is 3.11. The third-order valence-electron chi connectivity index (χ3n) is 5.40. The number of ether oxygens (including phenoxy) is 2. The molecular formula is C22H25NO3. The van der Waals surface area contributed by atoms with E-state index in [-0.39, 0.29) is 5.41 Å². The molecule has 0 radical (unpaired) electrons. The number of amides is 1. The second-order valence-corrected chi connectivity index (χ2v) is 6.69. The second kappa shape index (κ2) is 7.94. The molecule has 0 aromatic heterocycles. The summed E-state index contributed by atoms with van der Waals surface area (Å²) >= 11 is 0. The maximum absolute atomic E-state index is 10.8. The van der Waals surface area contributed by atoms with Gasteiger partial charge in [0.25, 0.3) is 0 Å². The Morgan fingerprint density at radius 3 is 2.31 bits per heavy atom. The van der Waals surface area contributed by atoms with Crippen LogP contribution in [0.3, 0.4) is 0 Å². The molecule has 26 heavy (non-hydrogen) atoms. The molecule has 0 aliphatic heterocycles. The maximum atomic E-state index is 10.8. The number of carbonyl (C=O) groups is 1. The number of fused-ring (bicyclic) bond motifs is 3. The molecule has 1 aliphatic carbocycles. The molecule has 3 rings (SSSR count). The van der Waals surface area contributed by atoms with Crippen molar-refractivity contribution in [2.24, 2.45) is 4.99 Å². The van der Waals surface area contributed by atoms with Gasteiger partial charge >= 0.3 is 0 Å². The highest BCUT2D eigenvalue weighted by Gasteiger charge is 2.42. The Morgan fingerprint density at radius 2 is 1.65 bits per heavy atom. The Labute approximate surface area is 154 Å². The van der Waals surface area contributed by atoms with E-state index < -0.39 is 0 Å². The predicted octanol–water partition coefficient (Wildman–Crippen LogP) is 3.99. The van der Waals surface area contributed by atoms with Crippen molar-refractivity contribution >= 4 is 12.1 Å².